The fraction of sp³-hybridized carbons (Fsp3) is 0.172. The van der Waals surface area contributed by atoms with Crippen LogP contribution in [-0.4, -0.2) is 27.7 Å². The first-order valence-corrected chi connectivity index (χ1v) is 12.8. The highest BCUT2D eigenvalue weighted by molar-refractivity contribution is 7.07. The summed E-state index contributed by atoms with van der Waals surface area (Å²) in [5.74, 6) is -0.635. The highest BCUT2D eigenvalue weighted by Crippen LogP contribution is 2.31. The van der Waals surface area contributed by atoms with E-state index in [0.29, 0.717) is 37.7 Å². The number of aromatic carboxylic acids is 1. The van der Waals surface area contributed by atoms with Gasteiger partial charge in [0.1, 0.15) is 11.5 Å². The maximum absolute atomic E-state index is 13.7. The molecule has 1 atom stereocenters. The van der Waals surface area contributed by atoms with Gasteiger partial charge in [0.25, 0.3) is 5.56 Å². The number of aromatic nitrogens is 1. The number of carboxylic acids is 1. The van der Waals surface area contributed by atoms with E-state index in [2.05, 4.69) is 4.99 Å². The van der Waals surface area contributed by atoms with Gasteiger partial charge < -0.3 is 14.3 Å². The third-order valence-corrected chi connectivity index (χ3v) is 6.98. The number of benzene rings is 2. The predicted molar refractivity (Wildman–Crippen MR) is 143 cm³/mol. The zero-order chi connectivity index (χ0) is 27.0. The summed E-state index contributed by atoms with van der Waals surface area (Å²) in [6.07, 6.45) is 1.30. The Labute approximate surface area is 221 Å². The second-order valence-electron chi connectivity index (χ2n) is 9.03. The standard InChI is InChI=1S/C29H24N2O6S/c1-16(2)36-28(35)24-17(3)30-29-31(25(24)18-8-5-4-6-9-18)26(32)23(38-29)15-21-12-13-22(37-21)19-10-7-11-20(14-19)27(33)34/h4-16,25H,1-3H3,(H,33,34). The van der Waals surface area contributed by atoms with Crippen LogP contribution in [-0.2, 0) is 9.53 Å². The van der Waals surface area contributed by atoms with Crippen molar-refractivity contribution >= 4 is 29.4 Å². The molecule has 2 aromatic carbocycles. The number of allylic oxidation sites excluding steroid dienone is 1. The summed E-state index contributed by atoms with van der Waals surface area (Å²) in [5, 5.41) is 9.27. The Bertz CT molecular complexity index is 1760. The van der Waals surface area contributed by atoms with Crippen LogP contribution >= 0.6 is 11.3 Å². The Morgan fingerprint density at radius 2 is 1.87 bits per heavy atom. The van der Waals surface area contributed by atoms with Crippen LogP contribution in [0.5, 0.6) is 0 Å². The molecular weight excluding hydrogens is 504 g/mol. The molecule has 38 heavy (non-hydrogen) atoms. The van der Waals surface area contributed by atoms with Crippen molar-refractivity contribution in [3.05, 3.63) is 115 Å². The van der Waals surface area contributed by atoms with Gasteiger partial charge in [0.15, 0.2) is 4.80 Å². The van der Waals surface area contributed by atoms with Gasteiger partial charge in [0, 0.05) is 11.6 Å². The lowest BCUT2D eigenvalue weighted by Crippen LogP contribution is -2.40. The van der Waals surface area contributed by atoms with Crippen LogP contribution in [0.4, 0.5) is 0 Å². The Balaban J connectivity index is 1.60. The van der Waals surface area contributed by atoms with Crippen LogP contribution in [0.15, 0.2) is 92.2 Å². The Morgan fingerprint density at radius 1 is 1.11 bits per heavy atom. The van der Waals surface area contributed by atoms with Crippen molar-refractivity contribution in [2.75, 3.05) is 0 Å². The van der Waals surface area contributed by atoms with Gasteiger partial charge in [-0.05, 0) is 50.6 Å². The Kier molecular flexibility index (Phi) is 6.69. The fourth-order valence-electron chi connectivity index (χ4n) is 4.33. The summed E-state index contributed by atoms with van der Waals surface area (Å²) in [6, 6.07) is 18.5. The van der Waals surface area contributed by atoms with Crippen molar-refractivity contribution < 1.29 is 23.8 Å². The molecule has 0 spiro atoms. The highest BCUT2D eigenvalue weighted by Gasteiger charge is 2.33. The molecule has 3 heterocycles. The molecule has 192 valence electrons. The quantitative estimate of drug-likeness (QED) is 0.377. The first-order chi connectivity index (χ1) is 18.2. The molecule has 4 aromatic rings. The Morgan fingerprint density at radius 3 is 2.58 bits per heavy atom. The van der Waals surface area contributed by atoms with E-state index in [1.54, 1.807) is 51.1 Å². The number of fused-ring (bicyclic) bond motifs is 1. The van der Waals surface area contributed by atoms with Gasteiger partial charge >= 0.3 is 11.9 Å². The van der Waals surface area contributed by atoms with E-state index in [4.69, 9.17) is 9.15 Å². The van der Waals surface area contributed by atoms with Gasteiger partial charge in [0.05, 0.1) is 33.5 Å². The highest BCUT2D eigenvalue weighted by atomic mass is 32.1. The summed E-state index contributed by atoms with van der Waals surface area (Å²) < 4.78 is 13.3. The predicted octanol–water partition coefficient (Wildman–Crippen LogP) is 4.15. The molecule has 1 unspecified atom stereocenters. The van der Waals surface area contributed by atoms with Crippen molar-refractivity contribution in [1.29, 1.82) is 0 Å². The van der Waals surface area contributed by atoms with Crippen molar-refractivity contribution in [1.82, 2.24) is 4.57 Å². The van der Waals surface area contributed by atoms with E-state index in [9.17, 15) is 19.5 Å². The minimum Gasteiger partial charge on any atom is -0.478 e. The summed E-state index contributed by atoms with van der Waals surface area (Å²) >= 11 is 1.20. The van der Waals surface area contributed by atoms with Crippen LogP contribution in [0.2, 0.25) is 0 Å². The lowest BCUT2D eigenvalue weighted by atomic mass is 9.96. The fourth-order valence-corrected chi connectivity index (χ4v) is 5.36. The van der Waals surface area contributed by atoms with E-state index in [-0.39, 0.29) is 17.2 Å². The van der Waals surface area contributed by atoms with Crippen LogP contribution in [0.1, 0.15) is 48.5 Å². The average molecular weight is 529 g/mol. The third kappa shape index (κ3) is 4.76. The van der Waals surface area contributed by atoms with Crippen LogP contribution < -0.4 is 14.9 Å². The molecular formula is C29H24N2O6S. The number of hydrogen-bond donors (Lipinski definition) is 1. The number of carbonyl (C=O) groups excluding carboxylic acids is 1. The number of thiazole rings is 1. The molecule has 0 saturated heterocycles. The molecule has 0 radical (unpaired) electrons. The minimum absolute atomic E-state index is 0.150. The van der Waals surface area contributed by atoms with E-state index < -0.39 is 18.0 Å². The normalized spacial score (nSPS) is 15.4. The van der Waals surface area contributed by atoms with E-state index in [1.807, 2.05) is 30.3 Å². The van der Waals surface area contributed by atoms with Crippen LogP contribution in [0.25, 0.3) is 17.4 Å². The van der Waals surface area contributed by atoms with Crippen molar-refractivity contribution in [3.8, 4) is 11.3 Å². The van der Waals surface area contributed by atoms with Crippen LogP contribution in [0, 0.1) is 0 Å². The minimum atomic E-state index is -1.03. The lowest BCUT2D eigenvalue weighted by molar-refractivity contribution is -0.143. The number of nitrogens with zero attached hydrogens (tertiary/aromatic N) is 2. The van der Waals surface area contributed by atoms with Crippen LogP contribution in [0.3, 0.4) is 0 Å². The Hall–Kier alpha value is -4.50. The van der Waals surface area contributed by atoms with Gasteiger partial charge in [-0.25, -0.2) is 14.6 Å². The first kappa shape index (κ1) is 25.2. The second kappa shape index (κ2) is 10.1. The summed E-state index contributed by atoms with van der Waals surface area (Å²) in [5.41, 5.74) is 2.04. The molecule has 0 fully saturated rings. The van der Waals surface area contributed by atoms with Gasteiger partial charge in [-0.1, -0.05) is 53.8 Å². The molecule has 5 rings (SSSR count). The maximum atomic E-state index is 13.7. The number of ether oxygens (including phenoxy) is 1. The van der Waals surface area contributed by atoms with E-state index in [0.717, 1.165) is 5.56 Å². The van der Waals surface area contributed by atoms with Gasteiger partial charge in [-0.15, -0.1) is 0 Å². The summed E-state index contributed by atoms with van der Waals surface area (Å²) in [7, 11) is 0. The molecule has 1 aliphatic rings. The third-order valence-electron chi connectivity index (χ3n) is 5.99. The number of hydrogen-bond acceptors (Lipinski definition) is 7. The number of esters is 1. The first-order valence-electron chi connectivity index (χ1n) is 11.9. The molecule has 1 N–H and O–H groups in total. The largest absolute Gasteiger partial charge is 0.478 e. The maximum Gasteiger partial charge on any atom is 0.338 e. The molecule has 2 aromatic heterocycles. The van der Waals surface area contributed by atoms with E-state index in [1.165, 1.54) is 28.0 Å². The number of furan rings is 1. The monoisotopic (exact) mass is 528 g/mol. The molecule has 9 heteroatoms. The summed E-state index contributed by atoms with van der Waals surface area (Å²) in [6.45, 7) is 5.29. The van der Waals surface area contributed by atoms with Crippen molar-refractivity contribution in [2.24, 2.45) is 4.99 Å². The SMILES string of the molecule is CC1=C(C(=O)OC(C)C)C(c2ccccc2)n2c(sc(=Cc3ccc(-c4cccc(C(=O)O)c4)o3)c2=O)=N1. The summed E-state index contributed by atoms with van der Waals surface area (Å²) in [4.78, 5) is 43.2. The molecule has 0 saturated carbocycles. The smallest absolute Gasteiger partial charge is 0.338 e. The molecule has 0 bridgehead atoms. The molecule has 0 amide bonds. The van der Waals surface area contributed by atoms with Gasteiger partial charge in [-0.2, -0.15) is 0 Å². The molecule has 0 aliphatic carbocycles. The van der Waals surface area contributed by atoms with E-state index >= 15 is 0 Å². The number of carbonyl (C=O) groups is 2. The zero-order valence-electron chi connectivity index (χ0n) is 20.9. The average Bonchev–Trinajstić information content (AvgIpc) is 3.48. The van der Waals surface area contributed by atoms with Gasteiger partial charge in [-0.3, -0.25) is 9.36 Å². The lowest BCUT2D eigenvalue weighted by Gasteiger charge is -2.25. The molecule has 8 nitrogen and oxygen atoms in total. The topological polar surface area (TPSA) is 111 Å². The molecule has 1 aliphatic heterocycles. The second-order valence-corrected chi connectivity index (χ2v) is 10.0. The van der Waals surface area contributed by atoms with Crippen molar-refractivity contribution in [3.63, 3.8) is 0 Å². The van der Waals surface area contributed by atoms with Gasteiger partial charge in [0.2, 0.25) is 0 Å². The zero-order valence-corrected chi connectivity index (χ0v) is 21.7. The van der Waals surface area contributed by atoms with Crippen molar-refractivity contribution in [2.45, 2.75) is 32.9 Å². The number of carboxylic acid groups (broad SMARTS) is 1. The number of rotatable bonds is 6.